The molecule has 0 aromatic carbocycles. The van der Waals surface area contributed by atoms with Gasteiger partial charge in [-0.1, -0.05) is 26.0 Å². The molecule has 4 unspecified atom stereocenters. The average molecular weight is 236 g/mol. The van der Waals surface area contributed by atoms with Crippen molar-refractivity contribution in [2.75, 3.05) is 0 Å². The van der Waals surface area contributed by atoms with E-state index in [0.717, 1.165) is 19.3 Å². The summed E-state index contributed by atoms with van der Waals surface area (Å²) in [5.41, 5.74) is 1.78. The van der Waals surface area contributed by atoms with Crippen molar-refractivity contribution >= 4 is 5.97 Å². The first kappa shape index (κ1) is 12.7. The average Bonchev–Trinajstić information content (AvgIpc) is 2.27. The topological polar surface area (TPSA) is 37.3 Å². The molecule has 96 valence electrons. The number of carboxylic acids is 1. The van der Waals surface area contributed by atoms with E-state index in [2.05, 4.69) is 13.5 Å². The van der Waals surface area contributed by atoms with Crippen LogP contribution >= 0.6 is 0 Å². The van der Waals surface area contributed by atoms with E-state index in [0.29, 0.717) is 17.3 Å². The molecular weight excluding hydrogens is 212 g/mol. The lowest BCUT2D eigenvalue weighted by molar-refractivity contribution is -0.144. The molecule has 0 aromatic heterocycles. The Morgan fingerprint density at radius 1 is 1.53 bits per heavy atom. The summed E-state index contributed by atoms with van der Waals surface area (Å²) in [7, 11) is 0. The summed E-state index contributed by atoms with van der Waals surface area (Å²) in [6.07, 6.45) is 7.01. The van der Waals surface area contributed by atoms with Gasteiger partial charge in [-0.3, -0.25) is 4.79 Å². The van der Waals surface area contributed by atoms with Gasteiger partial charge in [-0.15, -0.1) is 0 Å². The van der Waals surface area contributed by atoms with Crippen LogP contribution in [0.3, 0.4) is 0 Å². The molecule has 2 saturated carbocycles. The molecule has 2 aliphatic rings. The fraction of sp³-hybridized carbons (Fsp3) is 0.800. The summed E-state index contributed by atoms with van der Waals surface area (Å²) in [6, 6.07) is 0. The van der Waals surface area contributed by atoms with Gasteiger partial charge in [0.1, 0.15) is 0 Å². The van der Waals surface area contributed by atoms with Crippen molar-refractivity contribution in [1.29, 1.82) is 0 Å². The highest BCUT2D eigenvalue weighted by molar-refractivity contribution is 5.69. The Kier molecular flexibility index (Phi) is 3.33. The summed E-state index contributed by atoms with van der Waals surface area (Å²) in [5, 5.41) is 9.14. The number of fused-ring (bicyclic) bond motifs is 1. The Hall–Kier alpha value is -0.790. The Labute approximate surface area is 104 Å². The van der Waals surface area contributed by atoms with E-state index in [-0.39, 0.29) is 5.92 Å². The maximum atomic E-state index is 11.1. The number of hydrogen-bond donors (Lipinski definition) is 1. The number of carboxylic acid groups (broad SMARTS) is 1. The zero-order valence-corrected chi connectivity index (χ0v) is 11.0. The van der Waals surface area contributed by atoms with Gasteiger partial charge in [0.15, 0.2) is 0 Å². The predicted octanol–water partition coefficient (Wildman–Crippen LogP) is 3.87. The second-order valence-electron chi connectivity index (χ2n) is 6.38. The quantitative estimate of drug-likeness (QED) is 0.739. The van der Waals surface area contributed by atoms with E-state index in [4.69, 9.17) is 5.11 Å². The van der Waals surface area contributed by atoms with Crippen LogP contribution < -0.4 is 0 Å². The molecule has 4 atom stereocenters. The first-order chi connectivity index (χ1) is 7.94. The van der Waals surface area contributed by atoms with Crippen molar-refractivity contribution in [2.45, 2.75) is 52.4 Å². The molecule has 0 aromatic rings. The van der Waals surface area contributed by atoms with Gasteiger partial charge < -0.3 is 5.11 Å². The van der Waals surface area contributed by atoms with E-state index in [1.165, 1.54) is 24.8 Å². The molecule has 17 heavy (non-hydrogen) atoms. The van der Waals surface area contributed by atoms with Gasteiger partial charge in [0.2, 0.25) is 0 Å². The highest BCUT2D eigenvalue weighted by atomic mass is 16.4. The maximum Gasteiger partial charge on any atom is 0.306 e. The van der Waals surface area contributed by atoms with Crippen LogP contribution in [-0.4, -0.2) is 11.1 Å². The molecule has 2 heteroatoms. The van der Waals surface area contributed by atoms with Crippen LogP contribution in [0.25, 0.3) is 0 Å². The molecule has 2 aliphatic carbocycles. The van der Waals surface area contributed by atoms with E-state index < -0.39 is 5.97 Å². The Balaban J connectivity index is 2.11. The van der Waals surface area contributed by atoms with E-state index in [1.54, 1.807) is 0 Å². The third kappa shape index (κ3) is 2.27. The summed E-state index contributed by atoms with van der Waals surface area (Å²) >= 11 is 0. The molecule has 0 saturated heterocycles. The zero-order chi connectivity index (χ0) is 12.6. The van der Waals surface area contributed by atoms with Gasteiger partial charge >= 0.3 is 5.97 Å². The smallest absolute Gasteiger partial charge is 0.306 e. The van der Waals surface area contributed by atoms with Crippen LogP contribution in [0.4, 0.5) is 0 Å². The molecule has 0 bridgehead atoms. The highest BCUT2D eigenvalue weighted by Gasteiger charge is 2.44. The summed E-state index contributed by atoms with van der Waals surface area (Å²) < 4.78 is 0. The number of hydrogen-bond acceptors (Lipinski definition) is 1. The fourth-order valence-electron chi connectivity index (χ4n) is 3.90. The van der Waals surface area contributed by atoms with Crippen molar-refractivity contribution in [3.8, 4) is 0 Å². The molecule has 0 amide bonds. The normalized spacial score (nSPS) is 39.5. The van der Waals surface area contributed by atoms with Crippen LogP contribution in [0.5, 0.6) is 0 Å². The van der Waals surface area contributed by atoms with Crippen molar-refractivity contribution in [3.63, 3.8) is 0 Å². The summed E-state index contributed by atoms with van der Waals surface area (Å²) in [4.78, 5) is 11.1. The molecular formula is C15H24O2. The van der Waals surface area contributed by atoms with Crippen molar-refractivity contribution < 1.29 is 9.90 Å². The van der Waals surface area contributed by atoms with E-state index >= 15 is 0 Å². The molecule has 0 aliphatic heterocycles. The highest BCUT2D eigenvalue weighted by Crippen LogP contribution is 2.54. The number of allylic oxidation sites excluding steroid dienone is 1. The SMILES string of the molecule is C=C1CCCC2(C)CCC(C(C)C(=O)O)CC12. The van der Waals surface area contributed by atoms with Crippen molar-refractivity contribution in [3.05, 3.63) is 12.2 Å². The number of rotatable bonds is 2. The lowest BCUT2D eigenvalue weighted by Gasteiger charge is -2.49. The lowest BCUT2D eigenvalue weighted by atomic mass is 9.56. The summed E-state index contributed by atoms with van der Waals surface area (Å²) in [6.45, 7) is 8.48. The van der Waals surface area contributed by atoms with Crippen molar-refractivity contribution in [2.24, 2.45) is 23.2 Å². The van der Waals surface area contributed by atoms with Gasteiger partial charge in [0, 0.05) is 0 Å². The predicted molar refractivity (Wildman–Crippen MR) is 68.7 cm³/mol. The second-order valence-corrected chi connectivity index (χ2v) is 6.38. The Morgan fingerprint density at radius 2 is 2.24 bits per heavy atom. The van der Waals surface area contributed by atoms with Crippen LogP contribution in [0.15, 0.2) is 12.2 Å². The maximum absolute atomic E-state index is 11.1. The standard InChI is InChI=1S/C15H24O2/c1-10-5-4-7-15(3)8-6-12(9-13(10)15)11(2)14(16)17/h11-13H,1,4-9H2,2-3H3,(H,16,17). The molecule has 2 fully saturated rings. The largest absolute Gasteiger partial charge is 0.481 e. The van der Waals surface area contributed by atoms with Gasteiger partial charge in [-0.2, -0.15) is 0 Å². The minimum absolute atomic E-state index is 0.200. The lowest BCUT2D eigenvalue weighted by Crippen LogP contribution is -2.40. The molecule has 0 spiro atoms. The molecule has 2 nitrogen and oxygen atoms in total. The van der Waals surface area contributed by atoms with Crippen LogP contribution in [0.1, 0.15) is 52.4 Å². The van der Waals surface area contributed by atoms with Gasteiger partial charge in [-0.05, 0) is 55.8 Å². The number of carbonyl (C=O) groups is 1. The van der Waals surface area contributed by atoms with Crippen LogP contribution in [0.2, 0.25) is 0 Å². The first-order valence-corrected chi connectivity index (χ1v) is 6.84. The monoisotopic (exact) mass is 236 g/mol. The third-order valence-corrected chi connectivity index (χ3v) is 5.30. The minimum Gasteiger partial charge on any atom is -0.481 e. The fourth-order valence-corrected chi connectivity index (χ4v) is 3.90. The Bertz CT molecular complexity index is 334. The van der Waals surface area contributed by atoms with Crippen LogP contribution in [-0.2, 0) is 4.79 Å². The number of aliphatic carboxylic acids is 1. The Morgan fingerprint density at radius 3 is 2.88 bits per heavy atom. The van der Waals surface area contributed by atoms with Crippen LogP contribution in [0, 0.1) is 23.2 Å². The molecule has 1 N–H and O–H groups in total. The third-order valence-electron chi connectivity index (χ3n) is 5.30. The van der Waals surface area contributed by atoms with E-state index in [1.807, 2.05) is 6.92 Å². The minimum atomic E-state index is -0.639. The van der Waals surface area contributed by atoms with Gasteiger partial charge in [-0.25, -0.2) is 0 Å². The zero-order valence-electron chi connectivity index (χ0n) is 11.0. The molecule has 0 radical (unpaired) electrons. The van der Waals surface area contributed by atoms with E-state index in [9.17, 15) is 4.79 Å². The second kappa shape index (κ2) is 4.47. The first-order valence-electron chi connectivity index (χ1n) is 6.84. The summed E-state index contributed by atoms with van der Waals surface area (Å²) in [5.74, 6) is 0.0755. The van der Waals surface area contributed by atoms with Gasteiger partial charge in [0.25, 0.3) is 0 Å². The molecule has 0 heterocycles. The van der Waals surface area contributed by atoms with Gasteiger partial charge in [0.05, 0.1) is 5.92 Å². The van der Waals surface area contributed by atoms with Crippen molar-refractivity contribution in [1.82, 2.24) is 0 Å². The molecule has 2 rings (SSSR count).